The Morgan fingerprint density at radius 1 is 1.00 bits per heavy atom. The van der Waals surface area contributed by atoms with Crippen LogP contribution in [0.2, 0.25) is 0 Å². The third kappa shape index (κ3) is 9.58. The van der Waals surface area contributed by atoms with Crippen LogP contribution in [0.1, 0.15) is 94.9 Å². The summed E-state index contributed by atoms with van der Waals surface area (Å²) in [4.78, 5) is 46.3. The average molecular weight is 573 g/mol. The molecule has 2 aromatic rings. The van der Waals surface area contributed by atoms with Gasteiger partial charge >= 0.3 is 12.1 Å². The SMILES string of the molecule is CCOC(=O)c1cncc(Nc2nc(N[C@@H]3CCCC[C@@H]3NC(=O)OC(C)(C)C)c(F)cc2C(=O)NC(C)(C)C)c1. The Kier molecular flexibility index (Phi) is 10.1. The number of nitrogens with zero attached hydrogens (tertiary/aromatic N) is 2. The molecule has 1 saturated carbocycles. The van der Waals surface area contributed by atoms with Gasteiger partial charge in [0.05, 0.1) is 35.7 Å². The summed E-state index contributed by atoms with van der Waals surface area (Å²) in [6.07, 6.45) is 5.41. The van der Waals surface area contributed by atoms with Crippen molar-refractivity contribution < 1.29 is 28.2 Å². The molecule has 0 aliphatic heterocycles. The molecule has 2 heterocycles. The summed E-state index contributed by atoms with van der Waals surface area (Å²) in [5.74, 6) is -1.84. The first-order valence-electron chi connectivity index (χ1n) is 13.8. The van der Waals surface area contributed by atoms with E-state index in [2.05, 4.69) is 31.2 Å². The fourth-order valence-corrected chi connectivity index (χ4v) is 4.35. The maximum absolute atomic E-state index is 15.5. The highest BCUT2D eigenvalue weighted by atomic mass is 19.1. The summed E-state index contributed by atoms with van der Waals surface area (Å²) in [6, 6.07) is 1.98. The third-order valence-corrected chi connectivity index (χ3v) is 6.01. The number of rotatable bonds is 8. The highest BCUT2D eigenvalue weighted by Crippen LogP contribution is 2.28. The minimum absolute atomic E-state index is 0.0309. The topological polar surface area (TPSA) is 144 Å². The van der Waals surface area contributed by atoms with E-state index in [9.17, 15) is 14.4 Å². The van der Waals surface area contributed by atoms with Crippen LogP contribution in [0.25, 0.3) is 0 Å². The molecule has 1 fully saturated rings. The van der Waals surface area contributed by atoms with Gasteiger partial charge in [0.2, 0.25) is 0 Å². The maximum Gasteiger partial charge on any atom is 0.407 e. The zero-order valence-corrected chi connectivity index (χ0v) is 24.8. The van der Waals surface area contributed by atoms with Gasteiger partial charge in [0.15, 0.2) is 11.6 Å². The van der Waals surface area contributed by atoms with Gasteiger partial charge in [-0.05, 0) is 73.4 Å². The number of amides is 2. The number of hydrogen-bond acceptors (Lipinski definition) is 9. The number of carbonyl (C=O) groups excluding carboxylic acids is 3. The summed E-state index contributed by atoms with van der Waals surface area (Å²) in [6.45, 7) is 12.7. The Morgan fingerprint density at radius 3 is 2.32 bits per heavy atom. The van der Waals surface area contributed by atoms with Crippen molar-refractivity contribution in [1.29, 1.82) is 0 Å². The second kappa shape index (κ2) is 13.1. The van der Waals surface area contributed by atoms with Gasteiger partial charge in [-0.3, -0.25) is 9.78 Å². The third-order valence-electron chi connectivity index (χ3n) is 6.01. The van der Waals surface area contributed by atoms with E-state index in [1.54, 1.807) is 27.7 Å². The summed E-state index contributed by atoms with van der Waals surface area (Å²) in [5.41, 5.74) is -0.713. The van der Waals surface area contributed by atoms with Crippen LogP contribution in [0, 0.1) is 5.82 Å². The van der Waals surface area contributed by atoms with Crippen LogP contribution in [0.4, 0.5) is 26.5 Å². The highest BCUT2D eigenvalue weighted by molar-refractivity contribution is 6.00. The zero-order valence-electron chi connectivity index (χ0n) is 24.8. The number of nitrogens with one attached hydrogen (secondary N) is 4. The lowest BCUT2D eigenvalue weighted by atomic mass is 9.90. The van der Waals surface area contributed by atoms with Crippen molar-refractivity contribution in [3.8, 4) is 0 Å². The molecule has 2 amide bonds. The Balaban J connectivity index is 1.94. The Hall–Kier alpha value is -3.96. The first-order chi connectivity index (χ1) is 19.1. The average Bonchev–Trinajstić information content (AvgIpc) is 2.85. The molecular weight excluding hydrogens is 531 g/mol. The van der Waals surface area contributed by atoms with Crippen LogP contribution in [0.5, 0.6) is 0 Å². The van der Waals surface area contributed by atoms with Crippen molar-refractivity contribution in [2.75, 3.05) is 17.2 Å². The van der Waals surface area contributed by atoms with Gasteiger partial charge in [-0.15, -0.1) is 0 Å². The van der Waals surface area contributed by atoms with E-state index in [1.807, 2.05) is 20.8 Å². The lowest BCUT2D eigenvalue weighted by Gasteiger charge is -2.34. The van der Waals surface area contributed by atoms with Crippen LogP contribution >= 0.6 is 0 Å². The molecule has 3 rings (SSSR count). The zero-order chi connectivity index (χ0) is 30.4. The van der Waals surface area contributed by atoms with Crippen molar-refractivity contribution in [3.05, 3.63) is 41.5 Å². The van der Waals surface area contributed by atoms with E-state index in [4.69, 9.17) is 9.47 Å². The van der Waals surface area contributed by atoms with Gasteiger partial charge in [0, 0.05) is 17.8 Å². The van der Waals surface area contributed by atoms with Crippen LogP contribution in [0.3, 0.4) is 0 Å². The molecule has 2 aromatic heterocycles. The molecule has 0 saturated heterocycles. The van der Waals surface area contributed by atoms with Gasteiger partial charge in [-0.2, -0.15) is 0 Å². The smallest absolute Gasteiger partial charge is 0.407 e. The number of pyridine rings is 2. The first-order valence-corrected chi connectivity index (χ1v) is 13.8. The largest absolute Gasteiger partial charge is 0.462 e. The van der Waals surface area contributed by atoms with Crippen molar-refractivity contribution >= 4 is 35.3 Å². The molecule has 224 valence electrons. The standard InChI is InChI=1S/C29H41FN6O5/c1-8-40-26(38)17-13-18(16-31-15-17)32-23-19(25(37)36-28(2,3)4)14-20(30)24(35-23)33-21-11-9-10-12-22(21)34-27(39)41-29(5,6)7/h13-16,21-22H,8-12H2,1-7H3,(H,34,39)(H,36,37)(H2,32,33,35)/t21-,22+/m1/s1. The quantitative estimate of drug-likeness (QED) is 0.309. The van der Waals surface area contributed by atoms with Gasteiger partial charge in [0.1, 0.15) is 11.4 Å². The summed E-state index contributed by atoms with van der Waals surface area (Å²) in [5, 5.41) is 11.9. The lowest BCUT2D eigenvalue weighted by Crippen LogP contribution is -2.50. The molecule has 4 N–H and O–H groups in total. The van der Waals surface area contributed by atoms with E-state index >= 15 is 4.39 Å². The van der Waals surface area contributed by atoms with Gasteiger partial charge in [-0.1, -0.05) is 12.8 Å². The summed E-state index contributed by atoms with van der Waals surface area (Å²) in [7, 11) is 0. The molecule has 41 heavy (non-hydrogen) atoms. The maximum atomic E-state index is 15.5. The minimum Gasteiger partial charge on any atom is -0.462 e. The van der Waals surface area contributed by atoms with Crippen molar-refractivity contribution in [2.24, 2.45) is 0 Å². The normalized spacial score (nSPS) is 17.3. The highest BCUT2D eigenvalue weighted by Gasteiger charge is 2.30. The van der Waals surface area contributed by atoms with E-state index in [-0.39, 0.29) is 41.5 Å². The van der Waals surface area contributed by atoms with E-state index in [1.165, 1.54) is 18.5 Å². The first kappa shape index (κ1) is 31.6. The molecule has 0 spiro atoms. The number of ether oxygens (including phenoxy) is 2. The monoisotopic (exact) mass is 572 g/mol. The number of alkyl carbamates (subject to hydrolysis) is 1. The fraction of sp³-hybridized carbons (Fsp3) is 0.552. The van der Waals surface area contributed by atoms with Gasteiger partial charge in [0.25, 0.3) is 5.91 Å². The van der Waals surface area contributed by atoms with Crippen molar-refractivity contribution in [3.63, 3.8) is 0 Å². The van der Waals surface area contributed by atoms with Crippen molar-refractivity contribution in [2.45, 2.75) is 97.4 Å². The van der Waals surface area contributed by atoms with E-state index < -0.39 is 34.9 Å². The van der Waals surface area contributed by atoms with Gasteiger partial charge < -0.3 is 30.7 Å². The Labute approximate surface area is 240 Å². The Morgan fingerprint density at radius 2 is 1.68 bits per heavy atom. The molecule has 12 heteroatoms. The Bertz CT molecular complexity index is 1260. The van der Waals surface area contributed by atoms with Gasteiger partial charge in [-0.25, -0.2) is 19.0 Å². The number of halogens is 1. The number of aromatic nitrogens is 2. The second-order valence-corrected chi connectivity index (χ2v) is 12.0. The molecule has 0 radical (unpaired) electrons. The summed E-state index contributed by atoms with van der Waals surface area (Å²) < 4.78 is 25.9. The van der Waals surface area contributed by atoms with Crippen LogP contribution in [0.15, 0.2) is 24.5 Å². The molecule has 2 atom stereocenters. The lowest BCUT2D eigenvalue weighted by molar-refractivity contribution is 0.0485. The van der Waals surface area contributed by atoms with Crippen LogP contribution in [-0.4, -0.2) is 57.8 Å². The molecule has 0 unspecified atom stereocenters. The molecular formula is C29H41FN6O5. The molecule has 1 aliphatic carbocycles. The number of esters is 1. The van der Waals surface area contributed by atoms with Crippen molar-refractivity contribution in [1.82, 2.24) is 20.6 Å². The molecule has 0 bridgehead atoms. The summed E-state index contributed by atoms with van der Waals surface area (Å²) >= 11 is 0. The van der Waals surface area contributed by atoms with E-state index in [0.717, 1.165) is 18.9 Å². The fourth-order valence-electron chi connectivity index (χ4n) is 4.35. The number of anilines is 3. The van der Waals surface area contributed by atoms with E-state index in [0.29, 0.717) is 18.5 Å². The predicted molar refractivity (Wildman–Crippen MR) is 154 cm³/mol. The molecule has 1 aliphatic rings. The molecule has 0 aromatic carbocycles. The molecule has 11 nitrogen and oxygen atoms in total. The number of carbonyl (C=O) groups is 3. The number of hydrogen-bond donors (Lipinski definition) is 4. The predicted octanol–water partition coefficient (Wildman–Crippen LogP) is 5.31. The van der Waals surface area contributed by atoms with Crippen LogP contribution in [-0.2, 0) is 9.47 Å². The second-order valence-electron chi connectivity index (χ2n) is 12.0. The minimum atomic E-state index is -0.727. The van der Waals surface area contributed by atoms with Crippen LogP contribution < -0.4 is 21.3 Å².